The van der Waals surface area contributed by atoms with E-state index < -0.39 is 12.8 Å². The molecule has 0 spiro atoms. The predicted octanol–water partition coefficient (Wildman–Crippen LogP) is 4.36. The van der Waals surface area contributed by atoms with Crippen molar-refractivity contribution >= 4 is 11.6 Å². The molecular formula is C14H18ClF3O. The highest BCUT2D eigenvalue weighted by molar-refractivity contribution is 6.18. The van der Waals surface area contributed by atoms with Crippen molar-refractivity contribution in [1.82, 2.24) is 0 Å². The summed E-state index contributed by atoms with van der Waals surface area (Å²) in [6.45, 7) is 0.913. The zero-order chi connectivity index (χ0) is 14.3. The number of benzene rings is 1. The van der Waals surface area contributed by atoms with Gasteiger partial charge in [-0.25, -0.2) is 0 Å². The summed E-state index contributed by atoms with van der Waals surface area (Å²) >= 11 is 5.86. The molecule has 1 rings (SSSR count). The van der Waals surface area contributed by atoms with Gasteiger partial charge in [-0.15, -0.1) is 11.6 Å². The molecule has 0 aliphatic heterocycles. The molecule has 19 heavy (non-hydrogen) atoms. The maximum atomic E-state index is 11.9. The highest BCUT2D eigenvalue weighted by Crippen LogP contribution is 2.18. The smallest absolute Gasteiger partial charge is 0.372 e. The standard InChI is InChI=1S/C14H18ClF3O/c1-11-4-2-3-5-13(11)8-12(9-15)6-7-19-10-14(16,17)18/h2-5,12H,6-10H2,1H3. The molecule has 0 saturated carbocycles. The fourth-order valence-corrected chi connectivity index (χ4v) is 2.09. The summed E-state index contributed by atoms with van der Waals surface area (Å²) in [5.41, 5.74) is 2.36. The van der Waals surface area contributed by atoms with Gasteiger partial charge in [0.25, 0.3) is 0 Å². The molecule has 108 valence electrons. The number of halogens is 4. The third-order valence-electron chi connectivity index (χ3n) is 2.92. The zero-order valence-electron chi connectivity index (χ0n) is 10.8. The minimum absolute atomic E-state index is 0.0861. The second kappa shape index (κ2) is 7.75. The summed E-state index contributed by atoms with van der Waals surface area (Å²) < 4.78 is 40.3. The summed E-state index contributed by atoms with van der Waals surface area (Å²) in [5.74, 6) is 0.556. The molecular weight excluding hydrogens is 277 g/mol. The Balaban J connectivity index is 2.36. The van der Waals surface area contributed by atoms with E-state index in [2.05, 4.69) is 4.74 Å². The van der Waals surface area contributed by atoms with E-state index in [1.165, 1.54) is 11.1 Å². The Morgan fingerprint density at radius 1 is 1.26 bits per heavy atom. The first-order chi connectivity index (χ1) is 8.92. The predicted molar refractivity (Wildman–Crippen MR) is 70.6 cm³/mol. The van der Waals surface area contributed by atoms with Crippen LogP contribution in [0.3, 0.4) is 0 Å². The second-order valence-electron chi connectivity index (χ2n) is 4.61. The molecule has 0 saturated heterocycles. The monoisotopic (exact) mass is 294 g/mol. The second-order valence-corrected chi connectivity index (χ2v) is 4.92. The first kappa shape index (κ1) is 16.3. The Morgan fingerprint density at radius 2 is 1.95 bits per heavy atom. The van der Waals surface area contributed by atoms with Crippen molar-refractivity contribution < 1.29 is 17.9 Å². The van der Waals surface area contributed by atoms with Crippen molar-refractivity contribution in [2.75, 3.05) is 19.1 Å². The summed E-state index contributed by atoms with van der Waals surface area (Å²) in [6, 6.07) is 7.95. The zero-order valence-corrected chi connectivity index (χ0v) is 11.6. The molecule has 0 aliphatic carbocycles. The molecule has 5 heteroatoms. The highest BCUT2D eigenvalue weighted by atomic mass is 35.5. The van der Waals surface area contributed by atoms with E-state index in [9.17, 15) is 13.2 Å². The van der Waals surface area contributed by atoms with Crippen molar-refractivity contribution in [2.45, 2.75) is 25.9 Å². The molecule has 0 radical (unpaired) electrons. The minimum atomic E-state index is -4.26. The Hall–Kier alpha value is -0.740. The molecule has 0 amide bonds. The third kappa shape index (κ3) is 6.83. The van der Waals surface area contributed by atoms with E-state index in [-0.39, 0.29) is 12.5 Å². The van der Waals surface area contributed by atoms with Crippen LogP contribution in [-0.4, -0.2) is 25.3 Å². The van der Waals surface area contributed by atoms with Crippen LogP contribution >= 0.6 is 11.6 Å². The third-order valence-corrected chi connectivity index (χ3v) is 3.36. The van der Waals surface area contributed by atoms with Crippen LogP contribution in [0.2, 0.25) is 0 Å². The fourth-order valence-electron chi connectivity index (χ4n) is 1.82. The van der Waals surface area contributed by atoms with Gasteiger partial charge in [-0.05, 0) is 36.8 Å². The number of hydrogen-bond donors (Lipinski definition) is 0. The molecule has 0 fully saturated rings. The molecule has 1 atom stereocenters. The highest BCUT2D eigenvalue weighted by Gasteiger charge is 2.27. The minimum Gasteiger partial charge on any atom is -0.372 e. The van der Waals surface area contributed by atoms with Gasteiger partial charge in [-0.3, -0.25) is 0 Å². The molecule has 0 aliphatic rings. The summed E-state index contributed by atoms with van der Waals surface area (Å²) in [6.07, 6.45) is -2.95. The van der Waals surface area contributed by atoms with Crippen LogP contribution in [0.5, 0.6) is 0 Å². The van der Waals surface area contributed by atoms with Gasteiger partial charge in [0, 0.05) is 12.5 Å². The molecule has 0 aromatic heterocycles. The average molecular weight is 295 g/mol. The van der Waals surface area contributed by atoms with Crippen molar-refractivity contribution in [3.8, 4) is 0 Å². The lowest BCUT2D eigenvalue weighted by Crippen LogP contribution is -2.19. The Morgan fingerprint density at radius 3 is 2.53 bits per heavy atom. The first-order valence-corrected chi connectivity index (χ1v) is 6.71. The number of aryl methyl sites for hydroxylation is 1. The molecule has 1 nitrogen and oxygen atoms in total. The lowest BCUT2D eigenvalue weighted by Gasteiger charge is -2.16. The van der Waals surface area contributed by atoms with Crippen molar-refractivity contribution in [1.29, 1.82) is 0 Å². The quantitative estimate of drug-likeness (QED) is 0.536. The van der Waals surface area contributed by atoms with Gasteiger partial charge < -0.3 is 4.74 Å². The first-order valence-electron chi connectivity index (χ1n) is 6.17. The van der Waals surface area contributed by atoms with Gasteiger partial charge in [-0.2, -0.15) is 13.2 Å². The van der Waals surface area contributed by atoms with Crippen LogP contribution in [0.1, 0.15) is 17.5 Å². The molecule has 0 heterocycles. The van der Waals surface area contributed by atoms with Crippen LogP contribution in [-0.2, 0) is 11.2 Å². The topological polar surface area (TPSA) is 9.23 Å². The van der Waals surface area contributed by atoms with E-state index in [1.807, 2.05) is 31.2 Å². The molecule has 1 aromatic rings. The summed E-state index contributed by atoms with van der Waals surface area (Å²) in [4.78, 5) is 0. The maximum absolute atomic E-state index is 11.9. The van der Waals surface area contributed by atoms with Crippen molar-refractivity contribution in [2.24, 2.45) is 5.92 Å². The van der Waals surface area contributed by atoms with Gasteiger partial charge in [0.1, 0.15) is 6.61 Å². The van der Waals surface area contributed by atoms with Crippen LogP contribution < -0.4 is 0 Å². The molecule has 1 aromatic carbocycles. The average Bonchev–Trinajstić information content (AvgIpc) is 2.34. The number of alkyl halides is 4. The SMILES string of the molecule is Cc1ccccc1CC(CCl)CCOCC(F)(F)F. The van der Waals surface area contributed by atoms with E-state index in [4.69, 9.17) is 11.6 Å². The number of rotatable bonds is 7. The Bertz CT molecular complexity index is 379. The van der Waals surface area contributed by atoms with Crippen LogP contribution in [0.4, 0.5) is 13.2 Å². The lowest BCUT2D eigenvalue weighted by atomic mass is 9.95. The Labute approximate surface area is 116 Å². The van der Waals surface area contributed by atoms with E-state index in [0.29, 0.717) is 12.3 Å². The van der Waals surface area contributed by atoms with Gasteiger partial charge in [0.15, 0.2) is 0 Å². The van der Waals surface area contributed by atoms with Crippen LogP contribution in [0.25, 0.3) is 0 Å². The number of hydrogen-bond acceptors (Lipinski definition) is 1. The number of ether oxygens (including phenoxy) is 1. The van der Waals surface area contributed by atoms with Crippen molar-refractivity contribution in [3.63, 3.8) is 0 Å². The largest absolute Gasteiger partial charge is 0.411 e. The van der Waals surface area contributed by atoms with Gasteiger partial charge in [0.05, 0.1) is 0 Å². The Kier molecular flexibility index (Phi) is 6.66. The van der Waals surface area contributed by atoms with Gasteiger partial charge in [-0.1, -0.05) is 24.3 Å². The lowest BCUT2D eigenvalue weighted by molar-refractivity contribution is -0.174. The molecule has 0 bridgehead atoms. The van der Waals surface area contributed by atoms with Gasteiger partial charge >= 0.3 is 6.18 Å². The van der Waals surface area contributed by atoms with E-state index in [0.717, 1.165) is 6.42 Å². The summed E-state index contributed by atoms with van der Waals surface area (Å²) in [5, 5.41) is 0. The van der Waals surface area contributed by atoms with E-state index >= 15 is 0 Å². The summed E-state index contributed by atoms with van der Waals surface area (Å²) in [7, 11) is 0. The maximum Gasteiger partial charge on any atom is 0.411 e. The van der Waals surface area contributed by atoms with E-state index in [1.54, 1.807) is 0 Å². The molecule has 1 unspecified atom stereocenters. The van der Waals surface area contributed by atoms with Gasteiger partial charge in [0.2, 0.25) is 0 Å². The van der Waals surface area contributed by atoms with Crippen LogP contribution in [0.15, 0.2) is 24.3 Å². The molecule has 0 N–H and O–H groups in total. The normalized spacial score (nSPS) is 13.5. The fraction of sp³-hybridized carbons (Fsp3) is 0.571. The van der Waals surface area contributed by atoms with Crippen molar-refractivity contribution in [3.05, 3.63) is 35.4 Å². The van der Waals surface area contributed by atoms with Crippen LogP contribution in [0, 0.1) is 12.8 Å².